The van der Waals surface area contributed by atoms with Crippen molar-refractivity contribution < 1.29 is 0 Å². The Morgan fingerprint density at radius 1 is 1.00 bits per heavy atom. The second-order valence-electron chi connectivity index (χ2n) is 13.4. The van der Waals surface area contributed by atoms with E-state index in [4.69, 9.17) is 0 Å². The largest absolute Gasteiger partial charge is 0.158 e. The Morgan fingerprint density at radius 3 is 2.36 bits per heavy atom. The third-order valence-electron chi connectivity index (χ3n) is 10.1. The molecule has 36 heavy (non-hydrogen) atoms. The first-order valence-electron chi connectivity index (χ1n) is 14.4. The molecule has 1 fully saturated rings. The fraction of sp³-hybridized carbons (Fsp3) is 0.486. The first kappa shape index (κ1) is 25.4. The van der Waals surface area contributed by atoms with Crippen LogP contribution in [0, 0.1) is 11.3 Å². The Labute approximate surface area is 221 Å². The van der Waals surface area contributed by atoms with Crippen molar-refractivity contribution in [2.75, 3.05) is 0 Å². The molecule has 0 radical (unpaired) electrons. The van der Waals surface area contributed by atoms with Crippen molar-refractivity contribution in [1.82, 2.24) is 0 Å². The maximum Gasteiger partial charge on any atom is 0.158 e. The molecular weight excluding hydrogens is 431 g/mol. The summed E-state index contributed by atoms with van der Waals surface area (Å²) in [6.45, 7) is 21.0. The van der Waals surface area contributed by atoms with Gasteiger partial charge in [-0.2, -0.15) is 0 Å². The highest BCUT2D eigenvalue weighted by atomic mass is 14.5. The van der Waals surface area contributed by atoms with Gasteiger partial charge in [-0.1, -0.05) is 128 Å². The van der Waals surface area contributed by atoms with Crippen LogP contribution in [0.15, 0.2) is 60.7 Å². The van der Waals surface area contributed by atoms with E-state index in [1.165, 1.54) is 66.3 Å². The van der Waals surface area contributed by atoms with Gasteiger partial charge < -0.3 is 0 Å². The van der Waals surface area contributed by atoms with Gasteiger partial charge in [0.15, 0.2) is 7.28 Å². The molecule has 0 N–H and O–H groups in total. The molecule has 5 rings (SSSR count). The quantitative estimate of drug-likeness (QED) is 0.378. The summed E-state index contributed by atoms with van der Waals surface area (Å²) in [5.74, 6) is 0.692. The van der Waals surface area contributed by atoms with E-state index >= 15 is 0 Å². The summed E-state index contributed by atoms with van der Waals surface area (Å²) in [4.78, 5) is 0. The number of allylic oxidation sites excluding steroid dienone is 5. The Kier molecular flexibility index (Phi) is 6.30. The summed E-state index contributed by atoms with van der Waals surface area (Å²) in [5.41, 5.74) is 14.2. The standard InChI is InChI=1S/C35H45B/c1-9-15-24-25-18-19-28-30(32(25)35(27(24)10-2)20-12-11-13-21-35)26-16-14-17-29(31(26)34(28,7)8)36-22-23(3)33(4,5)6/h9-10,14-19,23,36H,2,11-13,20-22H2,1,3-8H3/b15-9-. The van der Waals surface area contributed by atoms with Crippen molar-refractivity contribution in [2.45, 2.75) is 97.7 Å². The van der Waals surface area contributed by atoms with Crippen molar-refractivity contribution in [3.05, 3.63) is 83.0 Å². The zero-order valence-corrected chi connectivity index (χ0v) is 23.9. The molecule has 188 valence electrons. The molecule has 1 atom stereocenters. The van der Waals surface area contributed by atoms with Crippen molar-refractivity contribution in [1.29, 1.82) is 0 Å². The molecular formula is C35H45B. The van der Waals surface area contributed by atoms with Crippen LogP contribution in [0.25, 0.3) is 16.7 Å². The average Bonchev–Trinajstić information content (AvgIpc) is 3.23. The fourth-order valence-corrected chi connectivity index (χ4v) is 7.68. The van der Waals surface area contributed by atoms with Gasteiger partial charge in [0.2, 0.25) is 0 Å². The Hall–Kier alpha value is -2.28. The second kappa shape index (κ2) is 8.93. The molecule has 0 saturated heterocycles. The second-order valence-corrected chi connectivity index (χ2v) is 13.4. The SMILES string of the molecule is C=CC1=C(/C=C\C)c2ccc3c(c2C12CCCCC2)-c1cccc(BCC(C)C(C)(C)C)c1C3(C)C. The minimum absolute atomic E-state index is 0.0226. The van der Waals surface area contributed by atoms with Gasteiger partial charge in [-0.3, -0.25) is 0 Å². The summed E-state index contributed by atoms with van der Waals surface area (Å²) in [7, 11) is 1.16. The van der Waals surface area contributed by atoms with E-state index in [1.807, 2.05) is 0 Å². The molecule has 1 spiro atoms. The normalized spacial score (nSPS) is 20.4. The van der Waals surface area contributed by atoms with Crippen molar-refractivity contribution in [3.8, 4) is 11.1 Å². The van der Waals surface area contributed by atoms with Gasteiger partial charge in [0, 0.05) is 10.8 Å². The smallest absolute Gasteiger partial charge is 0.0987 e. The van der Waals surface area contributed by atoms with Gasteiger partial charge in [-0.25, -0.2) is 0 Å². The Balaban J connectivity index is 1.72. The van der Waals surface area contributed by atoms with Crippen LogP contribution < -0.4 is 5.46 Å². The molecule has 0 aliphatic heterocycles. The number of hydrogen-bond donors (Lipinski definition) is 0. The van der Waals surface area contributed by atoms with Crippen molar-refractivity contribution in [2.24, 2.45) is 11.3 Å². The number of benzene rings is 2. The molecule has 2 aromatic carbocycles. The van der Waals surface area contributed by atoms with E-state index in [0.29, 0.717) is 11.3 Å². The number of fused-ring (bicyclic) bond motifs is 6. The third kappa shape index (κ3) is 3.64. The van der Waals surface area contributed by atoms with Crippen molar-refractivity contribution in [3.63, 3.8) is 0 Å². The van der Waals surface area contributed by atoms with Gasteiger partial charge in [0.25, 0.3) is 0 Å². The predicted molar refractivity (Wildman–Crippen MR) is 161 cm³/mol. The molecule has 0 nitrogen and oxygen atoms in total. The summed E-state index contributed by atoms with van der Waals surface area (Å²) < 4.78 is 0. The molecule has 3 aliphatic rings. The molecule has 3 aliphatic carbocycles. The third-order valence-corrected chi connectivity index (χ3v) is 10.1. The van der Waals surface area contributed by atoms with Crippen LogP contribution in [0.4, 0.5) is 0 Å². The Morgan fingerprint density at radius 2 is 1.72 bits per heavy atom. The zero-order chi connectivity index (χ0) is 25.9. The van der Waals surface area contributed by atoms with Gasteiger partial charge in [0.1, 0.15) is 0 Å². The van der Waals surface area contributed by atoms with Crippen LogP contribution in [-0.2, 0) is 10.8 Å². The zero-order valence-electron chi connectivity index (χ0n) is 23.9. The predicted octanol–water partition coefficient (Wildman–Crippen LogP) is 8.89. The van der Waals surface area contributed by atoms with Crippen LogP contribution in [-0.4, -0.2) is 7.28 Å². The van der Waals surface area contributed by atoms with Crippen LogP contribution in [0.1, 0.15) is 103 Å². The first-order valence-corrected chi connectivity index (χ1v) is 14.4. The Bertz CT molecular complexity index is 1250. The lowest BCUT2D eigenvalue weighted by Gasteiger charge is -2.38. The summed E-state index contributed by atoms with van der Waals surface area (Å²) in [5, 5.41) is 0. The van der Waals surface area contributed by atoms with Crippen LogP contribution >= 0.6 is 0 Å². The van der Waals surface area contributed by atoms with Crippen molar-refractivity contribution >= 4 is 18.3 Å². The van der Waals surface area contributed by atoms with E-state index in [9.17, 15) is 0 Å². The molecule has 1 heteroatoms. The fourth-order valence-electron chi connectivity index (χ4n) is 7.68. The minimum Gasteiger partial charge on any atom is -0.0987 e. The lowest BCUT2D eigenvalue weighted by molar-refractivity contribution is 0.283. The lowest BCUT2D eigenvalue weighted by atomic mass is 9.57. The summed E-state index contributed by atoms with van der Waals surface area (Å²) in [6, 6.07) is 12.1. The molecule has 1 saturated carbocycles. The maximum absolute atomic E-state index is 4.36. The van der Waals surface area contributed by atoms with Crippen LogP contribution in [0.3, 0.4) is 0 Å². The van der Waals surface area contributed by atoms with Gasteiger partial charge >= 0.3 is 0 Å². The summed E-state index contributed by atoms with van der Waals surface area (Å²) >= 11 is 0. The first-order chi connectivity index (χ1) is 17.1. The molecule has 2 aromatic rings. The lowest BCUT2D eigenvalue weighted by Crippen LogP contribution is -2.30. The van der Waals surface area contributed by atoms with E-state index in [-0.39, 0.29) is 10.8 Å². The molecule has 0 aromatic heterocycles. The van der Waals surface area contributed by atoms with E-state index in [1.54, 1.807) is 22.2 Å². The van der Waals surface area contributed by atoms with E-state index < -0.39 is 0 Å². The molecule has 0 amide bonds. The van der Waals surface area contributed by atoms with Gasteiger partial charge in [-0.05, 0) is 75.6 Å². The molecule has 0 heterocycles. The summed E-state index contributed by atoms with van der Waals surface area (Å²) in [6.07, 6.45) is 14.5. The molecule has 0 bridgehead atoms. The van der Waals surface area contributed by atoms with Crippen LogP contribution in [0.2, 0.25) is 6.32 Å². The molecule has 1 unspecified atom stereocenters. The van der Waals surface area contributed by atoms with Crippen LogP contribution in [0.5, 0.6) is 0 Å². The number of rotatable bonds is 5. The average molecular weight is 477 g/mol. The highest BCUT2D eigenvalue weighted by Crippen LogP contribution is 2.61. The highest BCUT2D eigenvalue weighted by molar-refractivity contribution is 6.54. The van der Waals surface area contributed by atoms with E-state index in [0.717, 1.165) is 7.28 Å². The topological polar surface area (TPSA) is 0 Å². The van der Waals surface area contributed by atoms with Gasteiger partial charge in [-0.15, -0.1) is 0 Å². The highest BCUT2D eigenvalue weighted by Gasteiger charge is 2.49. The van der Waals surface area contributed by atoms with E-state index in [2.05, 4.69) is 104 Å². The maximum atomic E-state index is 4.36. The van der Waals surface area contributed by atoms with Gasteiger partial charge in [0.05, 0.1) is 0 Å². The minimum atomic E-state index is 0.0226. The monoisotopic (exact) mass is 476 g/mol. The number of hydrogen-bond acceptors (Lipinski definition) is 0.